The first-order valence-corrected chi connectivity index (χ1v) is 7.62. The summed E-state index contributed by atoms with van der Waals surface area (Å²) in [4.78, 5) is 25.6. The Morgan fingerprint density at radius 1 is 1.23 bits per heavy atom. The third-order valence-corrected chi connectivity index (χ3v) is 3.50. The third kappa shape index (κ3) is 4.43. The van der Waals surface area contributed by atoms with Crippen LogP contribution in [0.2, 0.25) is 0 Å². The fraction of sp³-hybridized carbons (Fsp3) is 0.875. The molecule has 0 aliphatic carbocycles. The Hall–Kier alpha value is -1.14. The molecule has 0 bridgehead atoms. The zero-order valence-corrected chi connectivity index (χ0v) is 14.9. The molecule has 1 aliphatic rings. The van der Waals surface area contributed by atoms with Gasteiger partial charge in [-0.05, 0) is 25.2 Å². The molecule has 6 nitrogen and oxygen atoms in total. The van der Waals surface area contributed by atoms with Crippen molar-refractivity contribution in [3.8, 4) is 0 Å². The van der Waals surface area contributed by atoms with E-state index in [0.29, 0.717) is 0 Å². The van der Waals surface area contributed by atoms with Crippen molar-refractivity contribution in [2.75, 3.05) is 13.7 Å². The van der Waals surface area contributed by atoms with E-state index < -0.39 is 18.0 Å². The molecular formula is C16H29NO5. The average Bonchev–Trinajstić information content (AvgIpc) is 2.38. The van der Waals surface area contributed by atoms with Crippen LogP contribution in [0.15, 0.2) is 0 Å². The number of hydrogen-bond acceptors (Lipinski definition) is 5. The second-order valence-electron chi connectivity index (χ2n) is 7.70. The van der Waals surface area contributed by atoms with Crippen molar-refractivity contribution < 1.29 is 23.8 Å². The maximum atomic E-state index is 12.3. The fourth-order valence-corrected chi connectivity index (χ4v) is 2.16. The molecule has 0 aromatic carbocycles. The zero-order chi connectivity index (χ0) is 17.3. The van der Waals surface area contributed by atoms with E-state index >= 15 is 0 Å². The van der Waals surface area contributed by atoms with E-state index in [-0.39, 0.29) is 29.9 Å². The number of carbonyl (C=O) groups excluding carboxylic acids is 2. The minimum atomic E-state index is -0.880. The number of likely N-dealkylation sites (tertiary alicyclic amines) is 1. The van der Waals surface area contributed by atoms with E-state index in [2.05, 4.69) is 0 Å². The Morgan fingerprint density at radius 2 is 1.77 bits per heavy atom. The summed E-state index contributed by atoms with van der Waals surface area (Å²) in [5.41, 5.74) is -0.148. The molecule has 0 aromatic heterocycles. The van der Waals surface area contributed by atoms with Crippen molar-refractivity contribution in [1.82, 2.24) is 4.90 Å². The molecule has 0 spiro atoms. The summed E-state index contributed by atoms with van der Waals surface area (Å²) in [6.45, 7) is 13.5. The first kappa shape index (κ1) is 18.9. The Morgan fingerprint density at radius 3 is 2.18 bits per heavy atom. The zero-order valence-electron chi connectivity index (χ0n) is 14.9. The number of carbonyl (C=O) groups is 2. The van der Waals surface area contributed by atoms with Crippen LogP contribution in [0.25, 0.3) is 0 Å². The van der Waals surface area contributed by atoms with Crippen LogP contribution >= 0.6 is 0 Å². The smallest absolute Gasteiger partial charge is 0.416 e. The number of rotatable bonds is 5. The summed E-state index contributed by atoms with van der Waals surface area (Å²) >= 11 is 0. The highest BCUT2D eigenvalue weighted by Gasteiger charge is 2.55. The molecule has 0 saturated carbocycles. The third-order valence-electron chi connectivity index (χ3n) is 3.50. The van der Waals surface area contributed by atoms with Crippen LogP contribution in [-0.2, 0) is 19.0 Å². The minimum Gasteiger partial charge on any atom is -0.449 e. The van der Waals surface area contributed by atoms with Crippen LogP contribution < -0.4 is 0 Å². The van der Waals surface area contributed by atoms with Gasteiger partial charge in [0.05, 0.1) is 12.6 Å². The maximum absolute atomic E-state index is 12.3. The van der Waals surface area contributed by atoms with Gasteiger partial charge in [0, 0.05) is 7.11 Å². The first-order chi connectivity index (χ1) is 9.89. The van der Waals surface area contributed by atoms with E-state index in [9.17, 15) is 9.59 Å². The maximum Gasteiger partial charge on any atom is 0.416 e. The predicted molar refractivity (Wildman–Crippen MR) is 82.2 cm³/mol. The lowest BCUT2D eigenvalue weighted by Crippen LogP contribution is -2.70. The van der Waals surface area contributed by atoms with Gasteiger partial charge in [0.25, 0.3) is 5.91 Å². The Balaban J connectivity index is 2.77. The van der Waals surface area contributed by atoms with Crippen molar-refractivity contribution in [2.24, 2.45) is 11.3 Å². The summed E-state index contributed by atoms with van der Waals surface area (Å²) in [5, 5.41) is 0. The second kappa shape index (κ2) is 6.54. The molecule has 0 unspecified atom stereocenters. The summed E-state index contributed by atoms with van der Waals surface area (Å²) in [5.74, 6) is -1.19. The molecule has 1 saturated heterocycles. The largest absolute Gasteiger partial charge is 0.449 e. The molecule has 0 aromatic rings. The van der Waals surface area contributed by atoms with Crippen LogP contribution in [0.3, 0.4) is 0 Å². The van der Waals surface area contributed by atoms with E-state index in [1.165, 1.54) is 7.11 Å². The van der Waals surface area contributed by atoms with Gasteiger partial charge in [0.1, 0.15) is 0 Å². The first-order valence-electron chi connectivity index (χ1n) is 7.62. The number of hydrogen-bond donors (Lipinski definition) is 0. The van der Waals surface area contributed by atoms with Crippen LogP contribution in [0.5, 0.6) is 0 Å². The molecule has 1 aliphatic heterocycles. The van der Waals surface area contributed by atoms with Crippen molar-refractivity contribution in [3.63, 3.8) is 0 Å². The number of amides is 2. The quantitative estimate of drug-likeness (QED) is 0.576. The van der Waals surface area contributed by atoms with Gasteiger partial charge in [-0.3, -0.25) is 4.79 Å². The molecular weight excluding hydrogens is 286 g/mol. The molecule has 0 N–H and O–H groups in total. The number of nitrogens with zero attached hydrogens (tertiary/aromatic N) is 1. The predicted octanol–water partition coefficient (Wildman–Crippen LogP) is 2.80. The molecule has 2 atom stereocenters. The van der Waals surface area contributed by atoms with Gasteiger partial charge in [-0.15, -0.1) is 0 Å². The molecule has 1 rings (SSSR count). The normalized spacial score (nSPS) is 22.8. The van der Waals surface area contributed by atoms with Gasteiger partial charge >= 0.3 is 6.09 Å². The summed E-state index contributed by atoms with van der Waals surface area (Å²) in [7, 11) is 1.52. The number of methoxy groups -OCH3 is 1. The Bertz CT molecular complexity index is 425. The van der Waals surface area contributed by atoms with Gasteiger partial charge < -0.3 is 14.2 Å². The summed E-state index contributed by atoms with van der Waals surface area (Å²) < 4.78 is 16.2. The second-order valence-corrected chi connectivity index (χ2v) is 7.70. The van der Waals surface area contributed by atoms with Gasteiger partial charge in [-0.1, -0.05) is 34.6 Å². The van der Waals surface area contributed by atoms with E-state index in [1.54, 1.807) is 13.8 Å². The van der Waals surface area contributed by atoms with E-state index in [4.69, 9.17) is 14.2 Å². The highest BCUT2D eigenvalue weighted by Crippen LogP contribution is 2.33. The number of imide groups is 1. The van der Waals surface area contributed by atoms with Crippen LogP contribution in [0.1, 0.15) is 48.5 Å². The lowest BCUT2D eigenvalue weighted by atomic mass is 9.88. The lowest BCUT2D eigenvalue weighted by Gasteiger charge is -2.48. The number of ether oxygens (including phenoxy) is 3. The van der Waals surface area contributed by atoms with Crippen molar-refractivity contribution in [3.05, 3.63) is 0 Å². The van der Waals surface area contributed by atoms with Gasteiger partial charge in [-0.25, -0.2) is 9.69 Å². The summed E-state index contributed by atoms with van der Waals surface area (Å²) in [6, 6.07) is -0.339. The molecule has 22 heavy (non-hydrogen) atoms. The number of β-lactam (4-membered cyclic amide) rings is 1. The lowest BCUT2D eigenvalue weighted by molar-refractivity contribution is -0.253. The van der Waals surface area contributed by atoms with Crippen LogP contribution in [-0.4, -0.2) is 48.5 Å². The van der Waals surface area contributed by atoms with E-state index in [0.717, 1.165) is 4.90 Å². The molecule has 1 heterocycles. The molecule has 0 radical (unpaired) electrons. The fourth-order valence-electron chi connectivity index (χ4n) is 2.16. The SMILES string of the molecule is COC(C)(C)O[C@@H]1C(=O)N(C(=O)OCC(C)(C)C)[C@@H]1C(C)C. The highest BCUT2D eigenvalue weighted by molar-refractivity contribution is 6.01. The minimum absolute atomic E-state index is 0.0672. The monoisotopic (exact) mass is 315 g/mol. The van der Waals surface area contributed by atoms with Gasteiger partial charge in [0.2, 0.25) is 0 Å². The van der Waals surface area contributed by atoms with Crippen LogP contribution in [0.4, 0.5) is 4.79 Å². The van der Waals surface area contributed by atoms with Gasteiger partial charge in [-0.2, -0.15) is 0 Å². The average molecular weight is 315 g/mol. The van der Waals surface area contributed by atoms with Crippen molar-refractivity contribution in [1.29, 1.82) is 0 Å². The summed E-state index contributed by atoms with van der Waals surface area (Å²) in [6.07, 6.45) is -1.29. The highest BCUT2D eigenvalue weighted by atomic mass is 16.7. The van der Waals surface area contributed by atoms with Crippen LogP contribution in [0, 0.1) is 11.3 Å². The van der Waals surface area contributed by atoms with Crippen molar-refractivity contribution >= 4 is 12.0 Å². The Labute approximate surface area is 133 Å². The van der Waals surface area contributed by atoms with Crippen molar-refractivity contribution in [2.45, 2.75) is 66.4 Å². The van der Waals surface area contributed by atoms with Gasteiger partial charge in [0.15, 0.2) is 11.9 Å². The molecule has 6 heteroatoms. The molecule has 128 valence electrons. The van der Waals surface area contributed by atoms with E-state index in [1.807, 2.05) is 34.6 Å². The standard InChI is InChI=1S/C16H29NO5/c1-10(2)11-12(22-16(6,7)20-8)13(18)17(11)14(19)21-9-15(3,4)5/h10-12H,9H2,1-8H3/t11-,12+/m1/s1. The molecule has 2 amide bonds. The topological polar surface area (TPSA) is 65.1 Å². The Kier molecular flexibility index (Phi) is 5.62. The molecule has 1 fully saturated rings.